The van der Waals surface area contributed by atoms with Gasteiger partial charge in [0.25, 0.3) is 0 Å². The summed E-state index contributed by atoms with van der Waals surface area (Å²) in [5.74, 6) is 0. The summed E-state index contributed by atoms with van der Waals surface area (Å²) in [4.78, 5) is 0. The molecule has 0 unspecified atom stereocenters. The third-order valence-corrected chi connectivity index (χ3v) is 3.53. The van der Waals surface area contributed by atoms with E-state index in [1.165, 1.54) is 11.1 Å². The number of hydrogen-bond donors (Lipinski definition) is 1. The predicted octanol–water partition coefficient (Wildman–Crippen LogP) is 4.71. The first kappa shape index (κ1) is 13.0. The fraction of sp³-hybridized carbons (Fsp3) is 0.250. The highest BCUT2D eigenvalue weighted by molar-refractivity contribution is 6.31. The maximum atomic E-state index is 6.04. The van der Waals surface area contributed by atoms with Crippen LogP contribution in [0.2, 0.25) is 5.02 Å². The molecule has 0 bridgehead atoms. The molecule has 94 valence electrons. The summed E-state index contributed by atoms with van der Waals surface area (Å²) >= 11 is 6.04. The van der Waals surface area contributed by atoms with E-state index in [0.717, 1.165) is 34.7 Å². The maximum Gasteiger partial charge on any atom is 0.0413 e. The lowest BCUT2D eigenvalue weighted by Gasteiger charge is -2.11. The Morgan fingerprint density at radius 1 is 0.944 bits per heavy atom. The second-order valence-electron chi connectivity index (χ2n) is 4.42. The molecule has 0 heterocycles. The standard InChI is InChI=1S/C16H18ClN/c1-3-11-5-6-13(9-12(11)4-2)15-10-14(17)7-8-16(15)18/h5-10H,3-4,18H2,1-2H3. The molecule has 0 aliphatic rings. The summed E-state index contributed by atoms with van der Waals surface area (Å²) in [6, 6.07) is 12.1. The van der Waals surface area contributed by atoms with Crippen LogP contribution in [0, 0.1) is 0 Å². The van der Waals surface area contributed by atoms with Crippen LogP contribution in [0.15, 0.2) is 36.4 Å². The predicted molar refractivity (Wildman–Crippen MR) is 80.1 cm³/mol. The van der Waals surface area contributed by atoms with E-state index in [4.69, 9.17) is 17.3 Å². The Kier molecular flexibility index (Phi) is 3.93. The van der Waals surface area contributed by atoms with E-state index in [1.807, 2.05) is 18.2 Å². The van der Waals surface area contributed by atoms with Crippen LogP contribution in [0.4, 0.5) is 5.69 Å². The fourth-order valence-electron chi connectivity index (χ4n) is 2.25. The Bertz CT molecular complexity index is 561. The first-order valence-corrected chi connectivity index (χ1v) is 6.70. The SMILES string of the molecule is CCc1ccc(-c2cc(Cl)ccc2N)cc1CC. The highest BCUT2D eigenvalue weighted by Crippen LogP contribution is 2.30. The second kappa shape index (κ2) is 5.45. The van der Waals surface area contributed by atoms with Crippen molar-refractivity contribution in [1.29, 1.82) is 0 Å². The Labute approximate surface area is 114 Å². The fourth-order valence-corrected chi connectivity index (χ4v) is 2.42. The smallest absolute Gasteiger partial charge is 0.0413 e. The number of aryl methyl sites for hydroxylation is 2. The molecule has 0 saturated carbocycles. The zero-order valence-corrected chi connectivity index (χ0v) is 11.6. The lowest BCUT2D eigenvalue weighted by atomic mass is 9.96. The van der Waals surface area contributed by atoms with Gasteiger partial charge in [-0.15, -0.1) is 0 Å². The van der Waals surface area contributed by atoms with Gasteiger partial charge >= 0.3 is 0 Å². The van der Waals surface area contributed by atoms with Gasteiger partial charge in [0.2, 0.25) is 0 Å². The van der Waals surface area contributed by atoms with Crippen LogP contribution in [-0.2, 0) is 12.8 Å². The van der Waals surface area contributed by atoms with E-state index in [-0.39, 0.29) is 0 Å². The number of hydrogen-bond acceptors (Lipinski definition) is 1. The van der Waals surface area contributed by atoms with E-state index < -0.39 is 0 Å². The van der Waals surface area contributed by atoms with Gasteiger partial charge in [0, 0.05) is 16.3 Å². The molecule has 2 rings (SSSR count). The Hall–Kier alpha value is -1.47. The number of halogens is 1. The van der Waals surface area contributed by atoms with Gasteiger partial charge in [0.1, 0.15) is 0 Å². The molecule has 0 fully saturated rings. The molecule has 2 heteroatoms. The second-order valence-corrected chi connectivity index (χ2v) is 4.86. The molecule has 0 spiro atoms. The van der Waals surface area contributed by atoms with E-state index in [0.29, 0.717) is 0 Å². The van der Waals surface area contributed by atoms with Crippen molar-refractivity contribution in [2.75, 3.05) is 5.73 Å². The van der Waals surface area contributed by atoms with Crippen molar-refractivity contribution < 1.29 is 0 Å². The molecule has 0 amide bonds. The largest absolute Gasteiger partial charge is 0.398 e. The van der Waals surface area contributed by atoms with E-state index in [2.05, 4.69) is 32.0 Å². The van der Waals surface area contributed by atoms with Crippen molar-refractivity contribution in [3.05, 3.63) is 52.5 Å². The van der Waals surface area contributed by atoms with E-state index >= 15 is 0 Å². The number of nitrogens with two attached hydrogens (primary N) is 1. The van der Waals surface area contributed by atoms with Crippen LogP contribution in [0.3, 0.4) is 0 Å². The summed E-state index contributed by atoms with van der Waals surface area (Å²) in [5.41, 5.74) is 11.7. The molecule has 18 heavy (non-hydrogen) atoms. The summed E-state index contributed by atoms with van der Waals surface area (Å²) in [6.07, 6.45) is 2.10. The molecule has 0 atom stereocenters. The van der Waals surface area contributed by atoms with Crippen LogP contribution >= 0.6 is 11.6 Å². The monoisotopic (exact) mass is 259 g/mol. The maximum absolute atomic E-state index is 6.04. The van der Waals surface area contributed by atoms with Crippen molar-refractivity contribution in [3.8, 4) is 11.1 Å². The molecule has 0 aliphatic heterocycles. The highest BCUT2D eigenvalue weighted by Gasteiger charge is 2.06. The minimum atomic E-state index is 0.719. The third kappa shape index (κ3) is 2.51. The summed E-state index contributed by atoms with van der Waals surface area (Å²) in [5, 5.41) is 0.719. The van der Waals surface area contributed by atoms with Gasteiger partial charge < -0.3 is 5.73 Å². The minimum absolute atomic E-state index is 0.719. The van der Waals surface area contributed by atoms with Crippen LogP contribution in [-0.4, -0.2) is 0 Å². The minimum Gasteiger partial charge on any atom is -0.398 e. The van der Waals surface area contributed by atoms with Gasteiger partial charge in [-0.25, -0.2) is 0 Å². The van der Waals surface area contributed by atoms with Crippen LogP contribution in [0.1, 0.15) is 25.0 Å². The molecule has 0 saturated heterocycles. The lowest BCUT2D eigenvalue weighted by Crippen LogP contribution is -1.94. The van der Waals surface area contributed by atoms with Crippen molar-refractivity contribution in [2.45, 2.75) is 26.7 Å². The Balaban J connectivity index is 2.54. The molecule has 2 aromatic carbocycles. The average Bonchev–Trinajstić information content (AvgIpc) is 2.40. The third-order valence-electron chi connectivity index (χ3n) is 3.29. The van der Waals surface area contributed by atoms with Crippen LogP contribution < -0.4 is 5.73 Å². The van der Waals surface area contributed by atoms with Crippen molar-refractivity contribution in [3.63, 3.8) is 0 Å². The number of anilines is 1. The number of benzene rings is 2. The number of rotatable bonds is 3. The summed E-state index contributed by atoms with van der Waals surface area (Å²) < 4.78 is 0. The Morgan fingerprint density at radius 3 is 2.33 bits per heavy atom. The normalized spacial score (nSPS) is 10.6. The van der Waals surface area contributed by atoms with Crippen molar-refractivity contribution >= 4 is 17.3 Å². The first-order valence-electron chi connectivity index (χ1n) is 6.33. The summed E-state index contributed by atoms with van der Waals surface area (Å²) in [7, 11) is 0. The molecule has 2 N–H and O–H groups in total. The molecule has 0 radical (unpaired) electrons. The molecule has 2 aromatic rings. The zero-order valence-electron chi connectivity index (χ0n) is 10.8. The molecule has 0 aliphatic carbocycles. The van der Waals surface area contributed by atoms with Gasteiger partial charge in [-0.3, -0.25) is 0 Å². The highest BCUT2D eigenvalue weighted by atomic mass is 35.5. The van der Waals surface area contributed by atoms with Crippen LogP contribution in [0.5, 0.6) is 0 Å². The lowest BCUT2D eigenvalue weighted by molar-refractivity contribution is 1.04. The zero-order chi connectivity index (χ0) is 13.1. The molecule has 0 aromatic heterocycles. The van der Waals surface area contributed by atoms with Gasteiger partial charge in [-0.2, -0.15) is 0 Å². The van der Waals surface area contributed by atoms with Gasteiger partial charge in [-0.05, 0) is 47.7 Å². The molecular formula is C16H18ClN. The Morgan fingerprint density at radius 2 is 1.67 bits per heavy atom. The van der Waals surface area contributed by atoms with Gasteiger partial charge in [0.15, 0.2) is 0 Å². The summed E-state index contributed by atoms with van der Waals surface area (Å²) in [6.45, 7) is 4.36. The van der Waals surface area contributed by atoms with Gasteiger partial charge in [-0.1, -0.05) is 43.6 Å². The van der Waals surface area contributed by atoms with E-state index in [1.54, 1.807) is 0 Å². The molecular weight excluding hydrogens is 242 g/mol. The van der Waals surface area contributed by atoms with Crippen molar-refractivity contribution in [1.82, 2.24) is 0 Å². The topological polar surface area (TPSA) is 26.0 Å². The number of nitrogen functional groups attached to an aromatic ring is 1. The van der Waals surface area contributed by atoms with Gasteiger partial charge in [0.05, 0.1) is 0 Å². The first-order chi connectivity index (χ1) is 8.65. The van der Waals surface area contributed by atoms with Crippen LogP contribution in [0.25, 0.3) is 11.1 Å². The molecule has 1 nitrogen and oxygen atoms in total. The average molecular weight is 260 g/mol. The van der Waals surface area contributed by atoms with E-state index in [9.17, 15) is 0 Å². The van der Waals surface area contributed by atoms with Crippen molar-refractivity contribution in [2.24, 2.45) is 0 Å². The quantitative estimate of drug-likeness (QED) is 0.794.